The van der Waals surface area contributed by atoms with Crippen LogP contribution in [0.25, 0.3) is 5.70 Å². The van der Waals surface area contributed by atoms with Gasteiger partial charge in [-0.2, -0.15) is 0 Å². The molecule has 0 fully saturated rings. The topological polar surface area (TPSA) is 113 Å². The molecule has 2 aromatic rings. The Morgan fingerprint density at radius 1 is 0.857 bits per heavy atom. The first kappa shape index (κ1) is 36.1. The van der Waals surface area contributed by atoms with Crippen LogP contribution >= 0.6 is 0 Å². The highest BCUT2D eigenvalue weighted by Crippen LogP contribution is 2.47. The second kappa shape index (κ2) is 15.9. The van der Waals surface area contributed by atoms with E-state index in [1.807, 2.05) is 46.8 Å². The standard InChI is InChI=1S/C22H22N4O2.C7H14.C5H10.C2H6/c1-9(2)10(3)26-11(4)14-17(22(26)28)20(25)16-15(19(14)24)18(23)12-7-5-6-8-13(12)21(16)27;1-4-5-6-7(2)3;1-4-5(2)3;1-2/h5-10,23H,4,24-25H2,1-3H3;4,7H,1,5-6H2,2-3H3;4-5H,1H2,2-3H3;1-2H3. The predicted octanol–water partition coefficient (Wildman–Crippen LogP) is 8.75. The van der Waals surface area contributed by atoms with Crippen molar-refractivity contribution in [1.82, 2.24) is 4.90 Å². The summed E-state index contributed by atoms with van der Waals surface area (Å²) in [5.74, 6) is 1.05. The average molecular weight is 573 g/mol. The second-order valence-electron chi connectivity index (χ2n) is 11.4. The normalized spacial score (nSPS) is 13.7. The summed E-state index contributed by atoms with van der Waals surface area (Å²) in [5.41, 5.74) is 15.7. The van der Waals surface area contributed by atoms with Crippen LogP contribution in [0.1, 0.15) is 118 Å². The molecule has 0 bridgehead atoms. The van der Waals surface area contributed by atoms with Gasteiger partial charge in [-0.05, 0) is 37.5 Å². The fourth-order valence-corrected chi connectivity index (χ4v) is 4.52. The summed E-state index contributed by atoms with van der Waals surface area (Å²) in [6.45, 7) is 29.9. The van der Waals surface area contributed by atoms with Crippen LogP contribution in [0.4, 0.5) is 11.4 Å². The summed E-state index contributed by atoms with van der Waals surface area (Å²) in [7, 11) is 0. The summed E-state index contributed by atoms with van der Waals surface area (Å²) in [5, 5.41) is 8.65. The molecule has 1 unspecified atom stereocenters. The van der Waals surface area contributed by atoms with Crippen LogP contribution < -0.4 is 11.5 Å². The van der Waals surface area contributed by atoms with Crippen molar-refractivity contribution < 1.29 is 9.59 Å². The van der Waals surface area contributed by atoms with E-state index in [9.17, 15) is 9.59 Å². The van der Waals surface area contributed by atoms with Gasteiger partial charge in [-0.25, -0.2) is 0 Å². The van der Waals surface area contributed by atoms with Crippen molar-refractivity contribution >= 4 is 34.5 Å². The number of ketones is 1. The molecule has 0 aromatic heterocycles. The zero-order chi connectivity index (χ0) is 32.5. The molecule has 42 heavy (non-hydrogen) atoms. The molecule has 1 atom stereocenters. The highest BCUT2D eigenvalue weighted by atomic mass is 16.2. The van der Waals surface area contributed by atoms with Crippen LogP contribution in [0, 0.1) is 23.2 Å². The van der Waals surface area contributed by atoms with E-state index in [2.05, 4.69) is 47.4 Å². The first-order valence-corrected chi connectivity index (χ1v) is 15.0. The Morgan fingerprint density at radius 2 is 1.36 bits per heavy atom. The molecule has 2 aromatic carbocycles. The number of anilines is 2. The molecule has 4 rings (SSSR count). The average Bonchev–Trinajstić information content (AvgIpc) is 3.23. The number of fused-ring (bicyclic) bond motifs is 3. The summed E-state index contributed by atoms with van der Waals surface area (Å²) >= 11 is 0. The smallest absolute Gasteiger partial charge is 0.261 e. The van der Waals surface area contributed by atoms with E-state index in [4.69, 9.17) is 16.9 Å². The van der Waals surface area contributed by atoms with Gasteiger partial charge in [-0.3, -0.25) is 15.0 Å². The molecule has 6 nitrogen and oxygen atoms in total. The third-order valence-electron chi connectivity index (χ3n) is 7.30. The minimum absolute atomic E-state index is 0.0769. The van der Waals surface area contributed by atoms with Crippen molar-refractivity contribution in [3.8, 4) is 0 Å². The summed E-state index contributed by atoms with van der Waals surface area (Å²) in [6, 6.07) is 6.77. The lowest BCUT2D eigenvalue weighted by molar-refractivity contribution is 0.0787. The van der Waals surface area contributed by atoms with Crippen molar-refractivity contribution in [2.45, 2.75) is 81.2 Å². The number of hydrogen-bond donors (Lipinski definition) is 3. The van der Waals surface area contributed by atoms with E-state index < -0.39 is 0 Å². The van der Waals surface area contributed by atoms with Gasteiger partial charge < -0.3 is 16.4 Å². The maximum Gasteiger partial charge on any atom is 0.261 e. The molecule has 5 N–H and O–H groups in total. The summed E-state index contributed by atoms with van der Waals surface area (Å²) < 4.78 is 0. The van der Waals surface area contributed by atoms with E-state index in [1.165, 1.54) is 6.42 Å². The van der Waals surface area contributed by atoms with Crippen molar-refractivity contribution in [2.24, 2.45) is 17.8 Å². The van der Waals surface area contributed by atoms with Gasteiger partial charge in [0.2, 0.25) is 0 Å². The number of carbonyl (C=O) groups excluding carboxylic acids is 2. The highest BCUT2D eigenvalue weighted by Gasteiger charge is 2.43. The maximum atomic E-state index is 13.2. The van der Waals surface area contributed by atoms with Gasteiger partial charge in [0.25, 0.3) is 5.91 Å². The Bertz CT molecular complexity index is 1250. The van der Waals surface area contributed by atoms with E-state index in [-0.39, 0.29) is 57.4 Å². The molecule has 1 amide bonds. The van der Waals surface area contributed by atoms with Gasteiger partial charge in [-0.15, -0.1) is 13.2 Å². The number of hydrogen-bond acceptors (Lipinski definition) is 5. The van der Waals surface area contributed by atoms with Gasteiger partial charge in [0.05, 0.1) is 28.2 Å². The number of nitrogens with two attached hydrogens (primary N) is 2. The number of nitrogen functional groups attached to an aromatic ring is 2. The Hall–Kier alpha value is -3.93. The van der Waals surface area contributed by atoms with Gasteiger partial charge in [0.15, 0.2) is 5.78 Å². The van der Waals surface area contributed by atoms with Crippen LogP contribution in [-0.2, 0) is 0 Å². The molecule has 0 saturated carbocycles. The monoisotopic (exact) mass is 572 g/mol. The fourth-order valence-electron chi connectivity index (χ4n) is 4.52. The van der Waals surface area contributed by atoms with Crippen molar-refractivity contribution in [3.05, 3.63) is 89.5 Å². The molecule has 1 aliphatic heterocycles. The van der Waals surface area contributed by atoms with E-state index >= 15 is 0 Å². The van der Waals surface area contributed by atoms with E-state index in [0.717, 1.165) is 12.3 Å². The minimum Gasteiger partial charge on any atom is -0.398 e. The Kier molecular flexibility index (Phi) is 13.7. The van der Waals surface area contributed by atoms with Crippen molar-refractivity contribution in [1.29, 1.82) is 5.41 Å². The van der Waals surface area contributed by atoms with Crippen LogP contribution in [0.2, 0.25) is 0 Å². The van der Waals surface area contributed by atoms with Crippen LogP contribution in [-0.4, -0.2) is 28.3 Å². The van der Waals surface area contributed by atoms with E-state index in [1.54, 1.807) is 29.2 Å². The number of amides is 1. The fraction of sp³-hybridized carbons (Fsp3) is 0.417. The van der Waals surface area contributed by atoms with Crippen LogP contribution in [0.15, 0.2) is 56.2 Å². The molecule has 228 valence electrons. The minimum atomic E-state index is -0.317. The number of rotatable bonds is 6. The molecule has 2 aliphatic rings. The second-order valence-corrected chi connectivity index (χ2v) is 11.4. The number of carbonyl (C=O) groups is 2. The van der Waals surface area contributed by atoms with Crippen LogP contribution in [0.5, 0.6) is 0 Å². The first-order valence-electron chi connectivity index (χ1n) is 15.0. The molecular formula is C36H52N4O2. The largest absolute Gasteiger partial charge is 0.398 e. The maximum absolute atomic E-state index is 13.2. The third-order valence-corrected chi connectivity index (χ3v) is 7.30. The summed E-state index contributed by atoms with van der Waals surface area (Å²) in [4.78, 5) is 28.0. The first-order chi connectivity index (χ1) is 19.7. The van der Waals surface area contributed by atoms with Crippen LogP contribution in [0.3, 0.4) is 0 Å². The van der Waals surface area contributed by atoms with E-state index in [0.29, 0.717) is 28.3 Å². The number of nitrogens with one attached hydrogen (secondary N) is 1. The highest BCUT2D eigenvalue weighted by molar-refractivity contribution is 6.35. The molecule has 6 heteroatoms. The lowest BCUT2D eigenvalue weighted by Gasteiger charge is -2.28. The Labute approximate surface area is 254 Å². The lowest BCUT2D eigenvalue weighted by Crippen LogP contribution is -2.36. The van der Waals surface area contributed by atoms with Gasteiger partial charge in [0.1, 0.15) is 0 Å². The molecule has 1 heterocycles. The number of allylic oxidation sites excluding steroid dienone is 2. The lowest BCUT2D eigenvalue weighted by atomic mass is 9.79. The SMILES string of the molecule is C=C1c2c(N)c3c(c(N)c2C(=O)N1C(C)C(C)C)C(=O)c1ccccc1C3=N.C=CC(C)C.C=CCCC(C)C.CC. The predicted molar refractivity (Wildman–Crippen MR) is 181 cm³/mol. The molecule has 1 aliphatic carbocycles. The Morgan fingerprint density at radius 3 is 1.79 bits per heavy atom. The molecule has 0 spiro atoms. The van der Waals surface area contributed by atoms with Gasteiger partial charge >= 0.3 is 0 Å². The van der Waals surface area contributed by atoms with Gasteiger partial charge in [0, 0.05) is 34.0 Å². The molecule has 0 saturated heterocycles. The zero-order valence-corrected chi connectivity index (χ0v) is 27.2. The number of benzene rings is 2. The summed E-state index contributed by atoms with van der Waals surface area (Å²) in [6.07, 6.45) is 6.33. The van der Waals surface area contributed by atoms with Gasteiger partial charge in [-0.1, -0.05) is 98.4 Å². The quantitative estimate of drug-likeness (QED) is 0.156. The Balaban J connectivity index is 0.000000529. The van der Waals surface area contributed by atoms with Crippen molar-refractivity contribution in [2.75, 3.05) is 11.5 Å². The number of nitrogens with zero attached hydrogens (tertiary/aromatic N) is 1. The van der Waals surface area contributed by atoms with Crippen molar-refractivity contribution in [3.63, 3.8) is 0 Å². The molecule has 0 radical (unpaired) electrons. The molecular weight excluding hydrogens is 520 g/mol. The third kappa shape index (κ3) is 7.47. The zero-order valence-electron chi connectivity index (χ0n) is 27.2.